The van der Waals surface area contributed by atoms with Gasteiger partial charge in [-0.3, -0.25) is 4.90 Å². The van der Waals surface area contributed by atoms with Gasteiger partial charge in [0.2, 0.25) is 0 Å². The molecule has 5 heteroatoms. The third kappa shape index (κ3) is 3.39. The van der Waals surface area contributed by atoms with Crippen LogP contribution in [0.5, 0.6) is 0 Å². The lowest BCUT2D eigenvalue weighted by Gasteiger charge is -2.11. The Morgan fingerprint density at radius 2 is 2.10 bits per heavy atom. The van der Waals surface area contributed by atoms with Crippen LogP contribution in [0.2, 0.25) is 0 Å². The Hall–Kier alpha value is -1.36. The van der Waals surface area contributed by atoms with E-state index in [0.29, 0.717) is 6.04 Å². The molecule has 0 spiro atoms. The zero-order valence-corrected chi connectivity index (χ0v) is 12.4. The van der Waals surface area contributed by atoms with Crippen molar-refractivity contribution in [3.63, 3.8) is 0 Å². The second-order valence-corrected chi connectivity index (χ2v) is 5.33. The van der Waals surface area contributed by atoms with Crippen LogP contribution < -0.4 is 5.73 Å². The van der Waals surface area contributed by atoms with Crippen LogP contribution in [-0.4, -0.2) is 29.2 Å². The standard InChI is InChI=1S/C15H19N3O.ClH/c1-11-2-4-12(5-3-11)15-8-14(19-17-15)10-18-7-6-13(16)9-18;/h2-5,8,13H,6-7,9-10,16H2,1H3;1H/t13-;/m0./s1. The van der Waals surface area contributed by atoms with Crippen LogP contribution in [0, 0.1) is 6.92 Å². The Kier molecular flexibility index (Phi) is 4.81. The number of halogens is 1. The van der Waals surface area contributed by atoms with Gasteiger partial charge in [0.15, 0.2) is 5.76 Å². The van der Waals surface area contributed by atoms with Crippen molar-refractivity contribution in [1.29, 1.82) is 0 Å². The third-order valence-electron chi connectivity index (χ3n) is 3.59. The van der Waals surface area contributed by atoms with Crippen molar-refractivity contribution in [3.05, 3.63) is 41.7 Å². The maximum absolute atomic E-state index is 5.90. The summed E-state index contributed by atoms with van der Waals surface area (Å²) in [6, 6.07) is 10.6. The molecule has 1 aliphatic heterocycles. The molecule has 2 heterocycles. The van der Waals surface area contributed by atoms with Crippen LogP contribution in [0.25, 0.3) is 11.3 Å². The van der Waals surface area contributed by atoms with Crippen molar-refractivity contribution >= 4 is 12.4 Å². The molecule has 108 valence electrons. The van der Waals surface area contributed by atoms with Crippen LogP contribution in [0.15, 0.2) is 34.9 Å². The molecule has 3 rings (SSSR count). The molecule has 4 nitrogen and oxygen atoms in total. The summed E-state index contributed by atoms with van der Waals surface area (Å²) < 4.78 is 5.41. The number of likely N-dealkylation sites (tertiary alicyclic amines) is 1. The van der Waals surface area contributed by atoms with E-state index in [1.165, 1.54) is 5.56 Å². The summed E-state index contributed by atoms with van der Waals surface area (Å²) in [4.78, 5) is 2.31. The van der Waals surface area contributed by atoms with Gasteiger partial charge < -0.3 is 10.3 Å². The van der Waals surface area contributed by atoms with Crippen LogP contribution in [0.3, 0.4) is 0 Å². The average molecular weight is 294 g/mol. The van der Waals surface area contributed by atoms with Gasteiger partial charge in [-0.05, 0) is 13.3 Å². The molecule has 0 saturated carbocycles. The lowest BCUT2D eigenvalue weighted by atomic mass is 10.1. The smallest absolute Gasteiger partial charge is 0.151 e. The van der Waals surface area contributed by atoms with Crippen LogP contribution in [0.1, 0.15) is 17.7 Å². The van der Waals surface area contributed by atoms with Crippen LogP contribution >= 0.6 is 12.4 Å². The summed E-state index contributed by atoms with van der Waals surface area (Å²) in [6.45, 7) is 4.86. The summed E-state index contributed by atoms with van der Waals surface area (Å²) in [5.41, 5.74) is 9.15. The fourth-order valence-corrected chi connectivity index (χ4v) is 2.47. The number of hydrogen-bond donors (Lipinski definition) is 1. The number of aromatic nitrogens is 1. The number of hydrogen-bond acceptors (Lipinski definition) is 4. The highest BCUT2D eigenvalue weighted by molar-refractivity contribution is 5.85. The molecule has 0 radical (unpaired) electrons. The SMILES string of the molecule is Cc1ccc(-c2cc(CN3CC[C@H](N)C3)on2)cc1.Cl. The molecular formula is C15H20ClN3O. The second-order valence-electron chi connectivity index (χ2n) is 5.33. The van der Waals surface area contributed by atoms with Gasteiger partial charge in [-0.1, -0.05) is 35.0 Å². The fraction of sp³-hybridized carbons (Fsp3) is 0.400. The fourth-order valence-electron chi connectivity index (χ4n) is 2.47. The number of benzene rings is 1. The van der Waals surface area contributed by atoms with Crippen molar-refractivity contribution < 1.29 is 4.52 Å². The van der Waals surface area contributed by atoms with E-state index in [4.69, 9.17) is 10.3 Å². The molecule has 1 saturated heterocycles. The molecule has 0 bridgehead atoms. The van der Waals surface area contributed by atoms with Crippen molar-refractivity contribution in [2.45, 2.75) is 25.9 Å². The van der Waals surface area contributed by atoms with E-state index in [9.17, 15) is 0 Å². The van der Waals surface area contributed by atoms with Crippen molar-refractivity contribution in [2.75, 3.05) is 13.1 Å². The van der Waals surface area contributed by atoms with Crippen molar-refractivity contribution in [1.82, 2.24) is 10.1 Å². The number of nitrogens with two attached hydrogens (primary N) is 1. The first kappa shape index (κ1) is 15.0. The van der Waals surface area contributed by atoms with Gasteiger partial charge in [0.05, 0.1) is 6.54 Å². The maximum Gasteiger partial charge on any atom is 0.151 e. The first-order valence-electron chi connectivity index (χ1n) is 6.71. The third-order valence-corrected chi connectivity index (χ3v) is 3.59. The van der Waals surface area contributed by atoms with Gasteiger partial charge >= 0.3 is 0 Å². The molecule has 1 aromatic heterocycles. The summed E-state index contributed by atoms with van der Waals surface area (Å²) in [7, 11) is 0. The predicted octanol–water partition coefficient (Wildman–Crippen LogP) is 2.60. The second kappa shape index (κ2) is 6.39. The highest BCUT2D eigenvalue weighted by Crippen LogP contribution is 2.21. The Morgan fingerprint density at radius 3 is 2.75 bits per heavy atom. The predicted molar refractivity (Wildman–Crippen MR) is 81.8 cm³/mol. The molecule has 1 atom stereocenters. The molecular weight excluding hydrogens is 274 g/mol. The topological polar surface area (TPSA) is 55.3 Å². The van der Waals surface area contributed by atoms with Crippen molar-refractivity contribution in [3.8, 4) is 11.3 Å². The quantitative estimate of drug-likeness (QED) is 0.945. The highest BCUT2D eigenvalue weighted by Gasteiger charge is 2.20. The molecule has 1 aromatic carbocycles. The summed E-state index contributed by atoms with van der Waals surface area (Å²) in [5.74, 6) is 0.907. The largest absolute Gasteiger partial charge is 0.359 e. The monoisotopic (exact) mass is 293 g/mol. The van der Waals surface area contributed by atoms with E-state index >= 15 is 0 Å². The van der Waals surface area contributed by atoms with Gasteiger partial charge in [0.1, 0.15) is 5.69 Å². The normalized spacial score (nSPS) is 19.0. The summed E-state index contributed by atoms with van der Waals surface area (Å²) >= 11 is 0. The maximum atomic E-state index is 5.90. The first-order valence-corrected chi connectivity index (χ1v) is 6.71. The number of rotatable bonds is 3. The van der Waals surface area contributed by atoms with Crippen molar-refractivity contribution in [2.24, 2.45) is 5.73 Å². The lowest BCUT2D eigenvalue weighted by molar-refractivity contribution is 0.272. The molecule has 2 aromatic rings. The Labute approximate surface area is 125 Å². The first-order chi connectivity index (χ1) is 9.20. The van der Waals surface area contributed by atoms with E-state index in [2.05, 4.69) is 41.2 Å². The number of aryl methyl sites for hydroxylation is 1. The van der Waals surface area contributed by atoms with Gasteiger partial charge in [-0.2, -0.15) is 0 Å². The zero-order chi connectivity index (χ0) is 13.2. The average Bonchev–Trinajstić information content (AvgIpc) is 3.00. The molecule has 1 aliphatic rings. The highest BCUT2D eigenvalue weighted by atomic mass is 35.5. The summed E-state index contributed by atoms with van der Waals surface area (Å²) in [6.07, 6.45) is 1.07. The Balaban J connectivity index is 0.00000147. The van der Waals surface area contributed by atoms with E-state index in [-0.39, 0.29) is 12.4 Å². The molecule has 0 unspecified atom stereocenters. The van der Waals surface area contributed by atoms with E-state index in [1.54, 1.807) is 0 Å². The minimum absolute atomic E-state index is 0. The molecule has 20 heavy (non-hydrogen) atoms. The summed E-state index contributed by atoms with van der Waals surface area (Å²) in [5, 5.41) is 4.14. The molecule has 0 amide bonds. The van der Waals surface area contributed by atoms with Crippen LogP contribution in [-0.2, 0) is 6.54 Å². The number of nitrogens with zero attached hydrogens (tertiary/aromatic N) is 2. The lowest BCUT2D eigenvalue weighted by Crippen LogP contribution is -2.26. The Morgan fingerprint density at radius 1 is 1.35 bits per heavy atom. The van der Waals surface area contributed by atoms with E-state index in [1.807, 2.05) is 6.07 Å². The van der Waals surface area contributed by atoms with Gasteiger partial charge in [-0.25, -0.2) is 0 Å². The van der Waals surface area contributed by atoms with Gasteiger partial charge in [0.25, 0.3) is 0 Å². The molecule has 0 aliphatic carbocycles. The minimum Gasteiger partial charge on any atom is -0.359 e. The Bertz CT molecular complexity index is 553. The van der Waals surface area contributed by atoms with Gasteiger partial charge in [-0.15, -0.1) is 12.4 Å². The van der Waals surface area contributed by atoms with E-state index in [0.717, 1.165) is 43.1 Å². The zero-order valence-electron chi connectivity index (χ0n) is 11.6. The van der Waals surface area contributed by atoms with E-state index < -0.39 is 0 Å². The minimum atomic E-state index is 0. The van der Waals surface area contributed by atoms with Crippen LogP contribution in [0.4, 0.5) is 0 Å². The molecule has 2 N–H and O–H groups in total. The van der Waals surface area contributed by atoms with Gasteiger partial charge in [0, 0.05) is 30.8 Å². The molecule has 1 fully saturated rings.